The maximum absolute atomic E-state index is 12.9. The number of nitrogens with one attached hydrogen (secondary N) is 1. The van der Waals surface area contributed by atoms with Crippen LogP contribution in [0.4, 0.5) is 17.6 Å². The summed E-state index contributed by atoms with van der Waals surface area (Å²) >= 11 is 8.15. The average Bonchev–Trinajstić information content (AvgIpc) is 2.87. The molecule has 0 saturated carbocycles. The van der Waals surface area contributed by atoms with Gasteiger partial charge in [-0.3, -0.25) is 0 Å². The number of benzene rings is 2. The van der Waals surface area contributed by atoms with Gasteiger partial charge in [-0.05, 0) is 60.8 Å². The van der Waals surface area contributed by atoms with Gasteiger partial charge in [-0.25, -0.2) is 9.18 Å². The van der Waals surface area contributed by atoms with Crippen LogP contribution in [-0.2, 0) is 23.4 Å². The van der Waals surface area contributed by atoms with E-state index < -0.39 is 12.1 Å². The summed E-state index contributed by atoms with van der Waals surface area (Å²) in [5.41, 5.74) is 3.88. The Morgan fingerprint density at radius 3 is 2.32 bits per heavy atom. The Bertz CT molecular complexity index is 813. The van der Waals surface area contributed by atoms with Gasteiger partial charge in [-0.2, -0.15) is 13.2 Å². The van der Waals surface area contributed by atoms with Gasteiger partial charge < -0.3 is 10.4 Å². The van der Waals surface area contributed by atoms with Crippen molar-refractivity contribution in [1.82, 2.24) is 5.32 Å². The van der Waals surface area contributed by atoms with Gasteiger partial charge in [0.05, 0.1) is 5.02 Å². The molecule has 0 amide bonds. The second-order valence-corrected chi connectivity index (χ2v) is 7.38. The summed E-state index contributed by atoms with van der Waals surface area (Å²) in [4.78, 5) is 10.1. The molecule has 0 saturated heterocycles. The van der Waals surface area contributed by atoms with Crippen LogP contribution >= 0.6 is 23.4 Å². The van der Waals surface area contributed by atoms with Gasteiger partial charge in [0.15, 0.2) is 0 Å². The number of hydrogen-bond donors (Lipinski definition) is 2. The maximum Gasteiger partial charge on any atom is 0.490 e. The van der Waals surface area contributed by atoms with Gasteiger partial charge in [-0.15, -0.1) is 11.8 Å². The molecular weight excluding hydrogens is 418 g/mol. The number of aliphatic carboxylic acids is 1. The van der Waals surface area contributed by atoms with Crippen LogP contribution in [0.5, 0.6) is 0 Å². The molecule has 0 spiro atoms. The molecule has 0 fully saturated rings. The predicted molar refractivity (Wildman–Crippen MR) is 101 cm³/mol. The summed E-state index contributed by atoms with van der Waals surface area (Å²) in [5, 5.41) is 11.4. The van der Waals surface area contributed by atoms with Crippen molar-refractivity contribution in [3.8, 4) is 0 Å². The van der Waals surface area contributed by atoms with Gasteiger partial charge in [0.25, 0.3) is 0 Å². The van der Waals surface area contributed by atoms with E-state index in [1.165, 1.54) is 28.2 Å². The highest BCUT2D eigenvalue weighted by Crippen LogP contribution is 2.36. The molecule has 1 aliphatic rings. The monoisotopic (exact) mass is 435 g/mol. The third-order valence-corrected chi connectivity index (χ3v) is 5.63. The van der Waals surface area contributed by atoms with Crippen molar-refractivity contribution in [2.75, 3.05) is 13.1 Å². The van der Waals surface area contributed by atoms with Crippen LogP contribution in [0, 0.1) is 5.82 Å². The Hall–Kier alpha value is -1.77. The van der Waals surface area contributed by atoms with E-state index in [4.69, 9.17) is 21.5 Å². The van der Waals surface area contributed by atoms with Crippen LogP contribution in [0.25, 0.3) is 0 Å². The molecule has 0 aromatic heterocycles. The number of halogens is 5. The van der Waals surface area contributed by atoms with Crippen LogP contribution in [0.1, 0.15) is 16.7 Å². The Balaban J connectivity index is 0.000000345. The van der Waals surface area contributed by atoms with Gasteiger partial charge in [0.2, 0.25) is 0 Å². The quantitative estimate of drug-likeness (QED) is 0.520. The summed E-state index contributed by atoms with van der Waals surface area (Å²) in [5.74, 6) is -2.14. The molecular formula is C19H18ClF4NO2S. The Labute approximate surface area is 169 Å². The van der Waals surface area contributed by atoms with E-state index in [0.717, 1.165) is 42.3 Å². The number of carbonyl (C=O) groups is 1. The molecule has 0 aliphatic carbocycles. The van der Waals surface area contributed by atoms with E-state index in [1.54, 1.807) is 11.8 Å². The third-order valence-electron chi connectivity index (χ3n) is 3.97. The van der Waals surface area contributed by atoms with E-state index >= 15 is 0 Å². The third kappa shape index (κ3) is 6.68. The molecule has 0 bridgehead atoms. The molecule has 9 heteroatoms. The van der Waals surface area contributed by atoms with Gasteiger partial charge >= 0.3 is 12.1 Å². The van der Waals surface area contributed by atoms with Crippen molar-refractivity contribution in [3.05, 3.63) is 63.9 Å². The first-order valence-electron chi connectivity index (χ1n) is 8.37. The van der Waals surface area contributed by atoms with Crippen LogP contribution in [0.15, 0.2) is 41.3 Å². The molecule has 2 aromatic carbocycles. The lowest BCUT2D eigenvalue weighted by Crippen LogP contribution is -2.21. The molecule has 0 unspecified atom stereocenters. The van der Waals surface area contributed by atoms with E-state index in [1.807, 2.05) is 18.2 Å². The fourth-order valence-corrected chi connectivity index (χ4v) is 4.06. The van der Waals surface area contributed by atoms with Crippen molar-refractivity contribution in [2.24, 2.45) is 0 Å². The number of thioether (sulfide) groups is 1. The first-order valence-corrected chi connectivity index (χ1v) is 9.73. The van der Waals surface area contributed by atoms with Crippen molar-refractivity contribution in [2.45, 2.75) is 29.7 Å². The van der Waals surface area contributed by atoms with Gasteiger partial charge in [0.1, 0.15) is 5.82 Å². The number of hydrogen-bond acceptors (Lipinski definition) is 3. The second-order valence-electron chi connectivity index (χ2n) is 5.98. The zero-order valence-corrected chi connectivity index (χ0v) is 16.2. The molecule has 0 atom stereocenters. The van der Waals surface area contributed by atoms with Crippen LogP contribution in [0.2, 0.25) is 5.02 Å². The minimum atomic E-state index is -5.08. The lowest BCUT2D eigenvalue weighted by atomic mass is 10.0. The number of rotatable bonds is 3. The van der Waals surface area contributed by atoms with Crippen LogP contribution < -0.4 is 5.32 Å². The van der Waals surface area contributed by atoms with Crippen molar-refractivity contribution in [3.63, 3.8) is 0 Å². The minimum Gasteiger partial charge on any atom is -0.475 e. The first-order chi connectivity index (χ1) is 13.2. The highest BCUT2D eigenvalue weighted by atomic mass is 35.5. The number of fused-ring (bicyclic) bond motifs is 1. The van der Waals surface area contributed by atoms with Gasteiger partial charge in [0, 0.05) is 10.6 Å². The van der Waals surface area contributed by atoms with Crippen molar-refractivity contribution >= 4 is 29.3 Å². The van der Waals surface area contributed by atoms with Crippen molar-refractivity contribution in [1.29, 1.82) is 0 Å². The minimum absolute atomic E-state index is 0.193. The summed E-state index contributed by atoms with van der Waals surface area (Å²) in [6.07, 6.45) is -3.02. The fourth-order valence-electron chi connectivity index (χ4n) is 2.60. The Kier molecular flexibility index (Phi) is 8.15. The average molecular weight is 436 g/mol. The zero-order valence-electron chi connectivity index (χ0n) is 14.7. The molecule has 1 aliphatic heterocycles. The van der Waals surface area contributed by atoms with E-state index in [0.29, 0.717) is 0 Å². The van der Waals surface area contributed by atoms with E-state index in [-0.39, 0.29) is 5.82 Å². The predicted octanol–water partition coefficient (Wildman–Crippen LogP) is 5.09. The number of carboxylic acids is 1. The maximum atomic E-state index is 12.9. The summed E-state index contributed by atoms with van der Waals surface area (Å²) in [6.45, 7) is 2.02. The lowest BCUT2D eigenvalue weighted by Gasteiger charge is -2.14. The van der Waals surface area contributed by atoms with Crippen LogP contribution in [0.3, 0.4) is 0 Å². The molecule has 2 N–H and O–H groups in total. The highest BCUT2D eigenvalue weighted by Gasteiger charge is 2.38. The van der Waals surface area contributed by atoms with Crippen LogP contribution in [-0.4, -0.2) is 30.3 Å². The van der Waals surface area contributed by atoms with E-state index in [9.17, 15) is 17.6 Å². The first kappa shape index (κ1) is 22.5. The SMILES string of the molecule is Fc1ccc(CSc2c(Cl)ccc3c2CCNCC3)cc1.O=C(O)C(F)(F)F. The summed E-state index contributed by atoms with van der Waals surface area (Å²) < 4.78 is 44.7. The highest BCUT2D eigenvalue weighted by molar-refractivity contribution is 7.98. The summed E-state index contributed by atoms with van der Waals surface area (Å²) in [7, 11) is 0. The molecule has 3 nitrogen and oxygen atoms in total. The molecule has 28 heavy (non-hydrogen) atoms. The topological polar surface area (TPSA) is 49.3 Å². The molecule has 1 heterocycles. The second kappa shape index (κ2) is 10.1. The standard InChI is InChI=1S/C17H17ClFNS.C2HF3O2/c18-16-6-3-13-7-9-20-10-8-15(13)17(16)21-11-12-1-4-14(19)5-2-12;3-2(4,5)1(6)7/h1-6,20H,7-11H2;(H,6,7). The largest absolute Gasteiger partial charge is 0.490 e. The zero-order chi connectivity index (χ0) is 20.7. The Morgan fingerprint density at radius 1 is 1.11 bits per heavy atom. The van der Waals surface area contributed by atoms with Gasteiger partial charge in [-0.1, -0.05) is 29.8 Å². The Morgan fingerprint density at radius 2 is 1.71 bits per heavy atom. The normalized spacial score (nSPS) is 13.8. The summed E-state index contributed by atoms with van der Waals surface area (Å²) in [6, 6.07) is 10.8. The molecule has 3 rings (SSSR count). The van der Waals surface area contributed by atoms with Crippen molar-refractivity contribution < 1.29 is 27.5 Å². The smallest absolute Gasteiger partial charge is 0.475 e. The number of alkyl halides is 3. The molecule has 0 radical (unpaired) electrons. The number of carboxylic acid groups (broad SMARTS) is 1. The lowest BCUT2D eigenvalue weighted by molar-refractivity contribution is -0.192. The molecule has 152 valence electrons. The molecule has 2 aromatic rings. The van der Waals surface area contributed by atoms with E-state index in [2.05, 4.69) is 11.4 Å². The fraction of sp³-hybridized carbons (Fsp3) is 0.316.